The summed E-state index contributed by atoms with van der Waals surface area (Å²) in [5.74, 6) is 0. The summed E-state index contributed by atoms with van der Waals surface area (Å²) in [5, 5.41) is 8.75. The average Bonchev–Trinajstić information content (AvgIpc) is 3.15. The maximum atomic E-state index is 7.40. The van der Waals surface area contributed by atoms with Gasteiger partial charge in [0.1, 0.15) is 0 Å². The zero-order chi connectivity index (χ0) is 31.1. The van der Waals surface area contributed by atoms with Gasteiger partial charge in [0.05, 0.1) is 0 Å². The Morgan fingerprint density at radius 3 is 0.783 bits per heavy atom. The minimum absolute atomic E-state index is 0.194. The van der Waals surface area contributed by atoms with E-state index in [1.54, 1.807) is 0 Å². The number of hydrogen-bond acceptors (Lipinski definition) is 1. The van der Waals surface area contributed by atoms with E-state index in [-0.39, 0.29) is 12.2 Å². The average molecular weight is 639 g/mol. The quantitative estimate of drug-likeness (QED) is 0.142. The molecule has 6 aromatic carbocycles. The van der Waals surface area contributed by atoms with E-state index in [9.17, 15) is 0 Å². The van der Waals surface area contributed by atoms with Crippen molar-refractivity contribution in [2.45, 2.75) is 31.5 Å². The van der Waals surface area contributed by atoms with Crippen molar-refractivity contribution in [3.63, 3.8) is 0 Å². The molecule has 1 aliphatic rings. The number of hydrogen-bond donors (Lipinski definition) is 0. The first kappa shape index (κ1) is 30.8. The van der Waals surface area contributed by atoms with Gasteiger partial charge in [0.25, 0.3) is 0 Å². The molecule has 1 nitrogen and oxygen atoms in total. The molecule has 46 heavy (non-hydrogen) atoms. The van der Waals surface area contributed by atoms with Crippen molar-refractivity contribution in [2.75, 3.05) is 12.3 Å². The third-order valence-corrected chi connectivity index (χ3v) is 20.2. The molecular weight excluding hydrogens is 594 g/mol. The molecule has 7 rings (SSSR count). The van der Waals surface area contributed by atoms with Gasteiger partial charge in [-0.1, -0.05) is 0 Å². The molecule has 0 aliphatic carbocycles. The standard InChI is InChI=1S/C43H44OP2/c1-7-22-38(23-8-1)45(39-24-9-2-10-25-39,40-26-11-3-12-27-40)34-36-20-19-21-37(44-36)35-46(41-28-13-4-14-29-41,42-30-15-5-16-31-42)43-32-17-6-18-33-43/h1-18,22-33,36-37,45-46H,19-21,34-35H2. The van der Waals surface area contributed by atoms with Gasteiger partial charge in [-0.25, -0.2) is 0 Å². The van der Waals surface area contributed by atoms with Crippen LogP contribution in [0.1, 0.15) is 19.3 Å². The Balaban J connectivity index is 1.30. The number of rotatable bonds is 10. The van der Waals surface area contributed by atoms with Crippen molar-refractivity contribution < 1.29 is 4.74 Å². The monoisotopic (exact) mass is 638 g/mol. The van der Waals surface area contributed by atoms with Crippen molar-refractivity contribution in [3.8, 4) is 0 Å². The first-order valence-electron chi connectivity index (χ1n) is 16.8. The molecule has 0 N–H and O–H groups in total. The van der Waals surface area contributed by atoms with E-state index in [0.717, 1.165) is 25.2 Å². The molecule has 0 amide bonds. The van der Waals surface area contributed by atoms with Gasteiger partial charge in [0.2, 0.25) is 0 Å². The fraction of sp³-hybridized carbons (Fsp3) is 0.163. The molecule has 0 spiro atoms. The molecule has 2 unspecified atom stereocenters. The second-order valence-corrected chi connectivity index (χ2v) is 20.6. The maximum absolute atomic E-state index is 7.40. The van der Waals surface area contributed by atoms with Crippen LogP contribution in [0.4, 0.5) is 0 Å². The molecule has 0 bridgehead atoms. The molecule has 0 radical (unpaired) electrons. The molecule has 0 aromatic heterocycles. The molecule has 1 aliphatic heterocycles. The van der Waals surface area contributed by atoms with Crippen LogP contribution < -0.4 is 31.8 Å². The molecule has 1 saturated heterocycles. The Bertz CT molecular complexity index is 1450. The summed E-state index contributed by atoms with van der Waals surface area (Å²) in [4.78, 5) is 0. The zero-order valence-electron chi connectivity index (χ0n) is 26.4. The summed E-state index contributed by atoms with van der Waals surface area (Å²) in [7, 11) is -4.81. The van der Waals surface area contributed by atoms with Crippen LogP contribution in [0.25, 0.3) is 0 Å². The van der Waals surface area contributed by atoms with Gasteiger partial charge in [-0.2, -0.15) is 0 Å². The SMILES string of the molecule is c1ccc([PH](CC2CCCC(C[PH](c3ccccc3)(c3ccccc3)c3ccccc3)O2)(c2ccccc2)c2ccccc2)cc1. The van der Waals surface area contributed by atoms with E-state index in [4.69, 9.17) is 4.74 Å². The predicted molar refractivity (Wildman–Crippen MR) is 205 cm³/mol. The fourth-order valence-corrected chi connectivity index (χ4v) is 18.0. The molecule has 0 saturated carbocycles. The summed E-state index contributed by atoms with van der Waals surface area (Å²) in [6, 6.07) is 67.8. The second-order valence-electron chi connectivity index (χ2n) is 12.7. The van der Waals surface area contributed by atoms with Crippen LogP contribution in [0.5, 0.6) is 0 Å². The number of benzene rings is 6. The Morgan fingerprint density at radius 1 is 0.348 bits per heavy atom. The van der Waals surface area contributed by atoms with Crippen LogP contribution in [0.3, 0.4) is 0 Å². The Kier molecular flexibility index (Phi) is 9.55. The van der Waals surface area contributed by atoms with Crippen molar-refractivity contribution >= 4 is 46.4 Å². The normalized spacial score (nSPS) is 17.7. The van der Waals surface area contributed by atoms with Crippen LogP contribution in [0, 0.1) is 0 Å². The predicted octanol–water partition coefficient (Wildman–Crippen LogP) is 7.38. The molecule has 3 heteroatoms. The molecule has 232 valence electrons. The van der Waals surface area contributed by atoms with Crippen molar-refractivity contribution in [3.05, 3.63) is 182 Å². The van der Waals surface area contributed by atoms with Crippen LogP contribution in [-0.4, -0.2) is 24.5 Å². The third-order valence-electron chi connectivity index (χ3n) is 10.1. The summed E-state index contributed by atoms with van der Waals surface area (Å²) in [6.45, 7) is 0. The Labute approximate surface area is 276 Å². The molecule has 1 heterocycles. The van der Waals surface area contributed by atoms with Crippen LogP contribution >= 0.6 is 14.5 Å². The van der Waals surface area contributed by atoms with E-state index in [1.807, 2.05) is 0 Å². The van der Waals surface area contributed by atoms with Crippen molar-refractivity contribution in [1.82, 2.24) is 0 Å². The third kappa shape index (κ3) is 6.13. The second kappa shape index (κ2) is 14.3. The zero-order valence-corrected chi connectivity index (χ0v) is 28.4. The Morgan fingerprint density at radius 2 is 0.565 bits per heavy atom. The minimum atomic E-state index is -2.40. The van der Waals surface area contributed by atoms with Crippen molar-refractivity contribution in [1.29, 1.82) is 0 Å². The van der Waals surface area contributed by atoms with Crippen LogP contribution in [0.2, 0.25) is 0 Å². The molecule has 6 aromatic rings. The van der Waals surface area contributed by atoms with E-state index >= 15 is 0 Å². The first-order valence-corrected chi connectivity index (χ1v) is 21.2. The van der Waals surface area contributed by atoms with Gasteiger partial charge in [-0.15, -0.1) is 0 Å². The molecule has 2 atom stereocenters. The Hall–Kier alpha value is -3.86. The van der Waals surface area contributed by atoms with E-state index in [0.29, 0.717) is 0 Å². The van der Waals surface area contributed by atoms with E-state index < -0.39 is 14.5 Å². The topological polar surface area (TPSA) is 9.23 Å². The van der Waals surface area contributed by atoms with Gasteiger partial charge >= 0.3 is 277 Å². The van der Waals surface area contributed by atoms with E-state index in [1.165, 1.54) is 38.2 Å². The van der Waals surface area contributed by atoms with Gasteiger partial charge in [-0.05, 0) is 0 Å². The van der Waals surface area contributed by atoms with Gasteiger partial charge in [-0.3, -0.25) is 0 Å². The van der Waals surface area contributed by atoms with Gasteiger partial charge in [0, 0.05) is 0 Å². The summed E-state index contributed by atoms with van der Waals surface area (Å²) >= 11 is 0. The summed E-state index contributed by atoms with van der Waals surface area (Å²) in [6.07, 6.45) is 5.87. The fourth-order valence-electron chi connectivity index (χ4n) is 8.01. The number of ether oxygens (including phenoxy) is 1. The van der Waals surface area contributed by atoms with Gasteiger partial charge in [0.15, 0.2) is 0 Å². The van der Waals surface area contributed by atoms with Crippen LogP contribution in [-0.2, 0) is 4.74 Å². The first-order chi connectivity index (χ1) is 22.8. The van der Waals surface area contributed by atoms with Gasteiger partial charge < -0.3 is 0 Å². The summed E-state index contributed by atoms with van der Waals surface area (Å²) < 4.78 is 7.40. The van der Waals surface area contributed by atoms with Crippen molar-refractivity contribution in [2.24, 2.45) is 0 Å². The van der Waals surface area contributed by atoms with E-state index in [2.05, 4.69) is 182 Å². The summed E-state index contributed by atoms with van der Waals surface area (Å²) in [5.41, 5.74) is 0. The molecule has 1 fully saturated rings. The van der Waals surface area contributed by atoms with Crippen LogP contribution in [0.15, 0.2) is 182 Å². The molecular formula is C43H44OP2.